The van der Waals surface area contributed by atoms with Gasteiger partial charge in [-0.15, -0.1) is 12.4 Å². The Kier molecular flexibility index (Phi) is 6.32. The highest BCUT2D eigenvalue weighted by Gasteiger charge is 2.39. The summed E-state index contributed by atoms with van der Waals surface area (Å²) in [7, 11) is 2.16. The number of nitrogens with zero attached hydrogens (tertiary/aromatic N) is 3. The zero-order valence-corrected chi connectivity index (χ0v) is 17.7. The molecule has 0 spiro atoms. The summed E-state index contributed by atoms with van der Waals surface area (Å²) in [6.07, 6.45) is 5.06. The molecule has 2 saturated heterocycles. The van der Waals surface area contributed by atoms with Crippen molar-refractivity contribution in [3.63, 3.8) is 0 Å². The zero-order chi connectivity index (χ0) is 19.1. The van der Waals surface area contributed by atoms with Crippen LogP contribution in [-0.2, 0) is 6.54 Å². The van der Waals surface area contributed by atoms with Gasteiger partial charge in [0.05, 0.1) is 15.9 Å². The molecule has 0 aliphatic carbocycles. The van der Waals surface area contributed by atoms with Gasteiger partial charge in [-0.05, 0) is 51.3 Å². The number of rotatable bonds is 4. The van der Waals surface area contributed by atoms with Crippen LogP contribution in [0.5, 0.6) is 0 Å². The molecule has 6 nitrogen and oxygen atoms in total. The lowest BCUT2D eigenvalue weighted by molar-refractivity contribution is 0.0874. The van der Waals surface area contributed by atoms with Crippen LogP contribution in [0.1, 0.15) is 49.5 Å². The molecule has 3 heterocycles. The summed E-state index contributed by atoms with van der Waals surface area (Å²) in [6, 6.07) is 6.43. The summed E-state index contributed by atoms with van der Waals surface area (Å²) in [5.41, 5.74) is 0.218. The molecule has 1 N–H and O–H groups in total. The summed E-state index contributed by atoms with van der Waals surface area (Å²) in [5, 5.41) is 8.18. The molecule has 1 amide bonds. The van der Waals surface area contributed by atoms with Gasteiger partial charge < -0.3 is 10.2 Å². The Hall–Kier alpha value is -1.63. The maximum atomic E-state index is 13.0. The summed E-state index contributed by atoms with van der Waals surface area (Å²) in [4.78, 5) is 28.3. The van der Waals surface area contributed by atoms with E-state index in [1.165, 1.54) is 12.8 Å². The molecule has 0 radical (unpaired) electrons. The topological polar surface area (TPSA) is 67.2 Å². The minimum Gasteiger partial charge on any atom is -0.348 e. The van der Waals surface area contributed by atoms with Crippen molar-refractivity contribution in [3.05, 3.63) is 39.1 Å². The average molecular weight is 425 g/mol. The highest BCUT2D eigenvalue weighted by Crippen LogP contribution is 2.34. The molecule has 152 valence electrons. The SMILES string of the molecule is CCCn1nc(C(=O)NC2C[C@H]3CC[C@@H](C2)N3C)c(=O)c2c(Cl)cccc21.Cl. The van der Waals surface area contributed by atoms with E-state index in [9.17, 15) is 9.59 Å². The first-order valence-electron chi connectivity index (χ1n) is 9.71. The maximum Gasteiger partial charge on any atom is 0.276 e. The molecule has 0 saturated carbocycles. The quantitative estimate of drug-likeness (QED) is 0.817. The van der Waals surface area contributed by atoms with Crippen molar-refractivity contribution < 1.29 is 4.79 Å². The fourth-order valence-electron chi connectivity index (χ4n) is 4.60. The lowest BCUT2D eigenvalue weighted by Gasteiger charge is -2.36. The van der Waals surface area contributed by atoms with Gasteiger partial charge in [0.25, 0.3) is 5.91 Å². The van der Waals surface area contributed by atoms with Crippen molar-refractivity contribution in [1.82, 2.24) is 20.0 Å². The number of halogens is 2. The van der Waals surface area contributed by atoms with Crippen LogP contribution < -0.4 is 10.7 Å². The number of carbonyl (C=O) groups excluding carboxylic acids is 1. The van der Waals surface area contributed by atoms with E-state index >= 15 is 0 Å². The van der Waals surface area contributed by atoms with Crippen LogP contribution in [0, 0.1) is 0 Å². The highest BCUT2D eigenvalue weighted by molar-refractivity contribution is 6.35. The second kappa shape index (κ2) is 8.39. The molecule has 1 aromatic carbocycles. The van der Waals surface area contributed by atoms with Crippen LogP contribution in [0.3, 0.4) is 0 Å². The number of aryl methyl sites for hydroxylation is 1. The van der Waals surface area contributed by atoms with Crippen LogP contribution in [0.4, 0.5) is 0 Å². The van der Waals surface area contributed by atoms with Gasteiger partial charge in [0, 0.05) is 24.7 Å². The van der Waals surface area contributed by atoms with E-state index in [-0.39, 0.29) is 30.0 Å². The fourth-order valence-corrected chi connectivity index (χ4v) is 4.86. The van der Waals surface area contributed by atoms with E-state index in [0.29, 0.717) is 34.6 Å². The van der Waals surface area contributed by atoms with Gasteiger partial charge in [0.2, 0.25) is 5.43 Å². The molecule has 2 bridgehead atoms. The van der Waals surface area contributed by atoms with E-state index in [2.05, 4.69) is 22.4 Å². The standard InChI is InChI=1S/C20H25ClN4O2.ClH/c1-3-9-25-16-6-4-5-15(21)17(16)19(26)18(23-25)20(27)22-12-10-13-7-8-14(11-12)24(13)2;/h4-6,12-14H,3,7-11H2,1-2H3,(H,22,27);1H/t12?,13-,14+;. The Morgan fingerprint density at radius 2 is 1.96 bits per heavy atom. The number of amides is 1. The predicted molar refractivity (Wildman–Crippen MR) is 114 cm³/mol. The van der Waals surface area contributed by atoms with Gasteiger partial charge in [-0.2, -0.15) is 5.10 Å². The molecule has 8 heteroatoms. The molecule has 3 atom stereocenters. The van der Waals surface area contributed by atoms with Gasteiger partial charge in [0.1, 0.15) is 0 Å². The summed E-state index contributed by atoms with van der Waals surface area (Å²) in [5.74, 6) is -0.388. The molecule has 2 aromatic rings. The van der Waals surface area contributed by atoms with Gasteiger partial charge in [-0.3, -0.25) is 14.3 Å². The Morgan fingerprint density at radius 3 is 2.61 bits per heavy atom. The molecule has 28 heavy (non-hydrogen) atoms. The minimum atomic E-state index is -0.392. The van der Waals surface area contributed by atoms with Gasteiger partial charge in [0.15, 0.2) is 5.69 Å². The number of hydrogen-bond acceptors (Lipinski definition) is 4. The van der Waals surface area contributed by atoms with Gasteiger partial charge in [-0.1, -0.05) is 24.6 Å². The monoisotopic (exact) mass is 424 g/mol. The first kappa shape index (κ1) is 21.1. The Bertz CT molecular complexity index is 932. The number of aromatic nitrogens is 2. The number of piperidine rings is 1. The molecular formula is C20H26Cl2N4O2. The summed E-state index contributed by atoms with van der Waals surface area (Å²) >= 11 is 6.29. The second-order valence-corrected chi connectivity index (χ2v) is 8.13. The highest BCUT2D eigenvalue weighted by atomic mass is 35.5. The molecular weight excluding hydrogens is 399 g/mol. The first-order chi connectivity index (χ1) is 13.0. The van der Waals surface area contributed by atoms with E-state index in [1.54, 1.807) is 16.8 Å². The third-order valence-electron chi connectivity index (χ3n) is 6.02. The smallest absolute Gasteiger partial charge is 0.276 e. The number of hydrogen-bond donors (Lipinski definition) is 1. The van der Waals surface area contributed by atoms with Crippen LogP contribution >= 0.6 is 24.0 Å². The Balaban J connectivity index is 0.00000225. The second-order valence-electron chi connectivity index (χ2n) is 7.73. The third-order valence-corrected chi connectivity index (χ3v) is 6.33. The van der Waals surface area contributed by atoms with Gasteiger partial charge >= 0.3 is 0 Å². The van der Waals surface area contributed by atoms with Crippen molar-refractivity contribution in [2.45, 2.75) is 63.7 Å². The Morgan fingerprint density at radius 1 is 1.29 bits per heavy atom. The normalized spacial score (nSPS) is 24.2. The zero-order valence-electron chi connectivity index (χ0n) is 16.2. The van der Waals surface area contributed by atoms with Crippen LogP contribution in [0.15, 0.2) is 23.0 Å². The van der Waals surface area contributed by atoms with Crippen molar-refractivity contribution in [2.75, 3.05) is 7.05 Å². The van der Waals surface area contributed by atoms with Gasteiger partial charge in [-0.25, -0.2) is 0 Å². The van der Waals surface area contributed by atoms with E-state index in [4.69, 9.17) is 11.6 Å². The molecule has 1 aromatic heterocycles. The fraction of sp³-hybridized carbons (Fsp3) is 0.550. The third kappa shape index (κ3) is 3.65. The predicted octanol–water partition coefficient (Wildman–Crippen LogP) is 3.24. The maximum absolute atomic E-state index is 13.0. The first-order valence-corrected chi connectivity index (χ1v) is 10.1. The van der Waals surface area contributed by atoms with Crippen LogP contribution in [-0.4, -0.2) is 45.8 Å². The lowest BCUT2D eigenvalue weighted by Crippen LogP contribution is -2.49. The largest absolute Gasteiger partial charge is 0.348 e. The lowest BCUT2D eigenvalue weighted by atomic mass is 9.98. The molecule has 2 fully saturated rings. The number of fused-ring (bicyclic) bond motifs is 3. The number of nitrogens with one attached hydrogen (secondary N) is 1. The summed E-state index contributed by atoms with van der Waals surface area (Å²) in [6.45, 7) is 2.65. The molecule has 1 unspecified atom stereocenters. The molecule has 2 aliphatic rings. The van der Waals surface area contributed by atoms with Crippen molar-refractivity contribution in [2.24, 2.45) is 0 Å². The van der Waals surface area contributed by atoms with Crippen molar-refractivity contribution in [1.29, 1.82) is 0 Å². The Labute approximate surface area is 175 Å². The number of benzene rings is 1. The number of carbonyl (C=O) groups is 1. The van der Waals surface area contributed by atoms with E-state index in [1.807, 2.05) is 13.0 Å². The molecule has 4 rings (SSSR count). The van der Waals surface area contributed by atoms with Crippen LogP contribution in [0.25, 0.3) is 10.9 Å². The van der Waals surface area contributed by atoms with E-state index < -0.39 is 5.43 Å². The van der Waals surface area contributed by atoms with Crippen molar-refractivity contribution >= 4 is 40.8 Å². The van der Waals surface area contributed by atoms with Crippen LogP contribution in [0.2, 0.25) is 5.02 Å². The minimum absolute atomic E-state index is 0. The summed E-state index contributed by atoms with van der Waals surface area (Å²) < 4.78 is 1.72. The van der Waals surface area contributed by atoms with Crippen molar-refractivity contribution in [3.8, 4) is 0 Å². The average Bonchev–Trinajstić information content (AvgIpc) is 2.85. The van der Waals surface area contributed by atoms with E-state index in [0.717, 1.165) is 19.3 Å². The molecule has 2 aliphatic heterocycles.